The summed E-state index contributed by atoms with van der Waals surface area (Å²) in [5.74, 6) is 0.0273. The molecule has 0 aliphatic heterocycles. The SMILES string of the molecule is COc1ccc(N(CC(=O)N(Cc2ccc(C)cc2)[C@@H](Cc2ccccc2)C(=O)NC2CCCCC2)S(C)(=O)=O)cc1OC. The van der Waals surface area contributed by atoms with E-state index in [4.69, 9.17) is 9.47 Å². The minimum Gasteiger partial charge on any atom is -0.493 e. The molecule has 1 aliphatic rings. The number of methoxy groups -OCH3 is 2. The zero-order chi connectivity index (χ0) is 31.7. The van der Waals surface area contributed by atoms with E-state index in [1.54, 1.807) is 12.1 Å². The number of sulfonamides is 1. The predicted octanol–water partition coefficient (Wildman–Crippen LogP) is 4.87. The molecular formula is C34H43N3O6S. The van der Waals surface area contributed by atoms with Crippen LogP contribution < -0.4 is 19.1 Å². The molecule has 0 unspecified atom stereocenters. The van der Waals surface area contributed by atoms with Crippen molar-refractivity contribution in [3.05, 3.63) is 89.5 Å². The number of ether oxygens (including phenoxy) is 2. The quantitative estimate of drug-likeness (QED) is 0.292. The third-order valence-electron chi connectivity index (χ3n) is 8.03. The third kappa shape index (κ3) is 8.75. The number of hydrogen-bond acceptors (Lipinski definition) is 6. The maximum absolute atomic E-state index is 14.3. The van der Waals surface area contributed by atoms with Crippen LogP contribution in [0.3, 0.4) is 0 Å². The number of nitrogens with zero attached hydrogens (tertiary/aromatic N) is 2. The van der Waals surface area contributed by atoms with Gasteiger partial charge in [-0.3, -0.25) is 13.9 Å². The fourth-order valence-electron chi connectivity index (χ4n) is 5.58. The smallest absolute Gasteiger partial charge is 0.244 e. The summed E-state index contributed by atoms with van der Waals surface area (Å²) in [4.78, 5) is 29.9. The number of carbonyl (C=O) groups is 2. The van der Waals surface area contributed by atoms with Crippen LogP contribution in [0, 0.1) is 6.92 Å². The normalized spacial score (nSPS) is 14.4. The maximum atomic E-state index is 14.3. The van der Waals surface area contributed by atoms with Crippen molar-refractivity contribution >= 4 is 27.5 Å². The molecule has 44 heavy (non-hydrogen) atoms. The van der Waals surface area contributed by atoms with Crippen molar-refractivity contribution in [3.63, 3.8) is 0 Å². The fraction of sp³-hybridized carbons (Fsp3) is 0.412. The molecule has 3 aromatic carbocycles. The molecule has 2 amide bonds. The van der Waals surface area contributed by atoms with Crippen LogP contribution in [-0.4, -0.2) is 64.2 Å². The first-order chi connectivity index (χ1) is 21.1. The van der Waals surface area contributed by atoms with Crippen LogP contribution in [0.1, 0.15) is 48.8 Å². The van der Waals surface area contributed by atoms with Gasteiger partial charge >= 0.3 is 0 Å². The fourth-order valence-corrected chi connectivity index (χ4v) is 6.42. The van der Waals surface area contributed by atoms with Crippen LogP contribution in [0.5, 0.6) is 11.5 Å². The second kappa shape index (κ2) is 15.1. The second-order valence-corrected chi connectivity index (χ2v) is 13.3. The standard InChI is InChI=1S/C34H43N3O6S/c1-25-15-17-27(18-16-25)23-36(30(21-26-11-7-5-8-12-26)34(39)35-28-13-9-6-10-14-28)33(38)24-37(44(4,40)41)29-19-20-31(42-2)32(22-29)43-3/h5,7-8,11-12,15-20,22,28,30H,6,9-10,13-14,21,23-24H2,1-4H3,(H,35,39)/t30-/m0/s1. The van der Waals surface area contributed by atoms with E-state index in [0.717, 1.165) is 59.4 Å². The van der Waals surface area contributed by atoms with Crippen LogP contribution >= 0.6 is 0 Å². The summed E-state index contributed by atoms with van der Waals surface area (Å²) in [5.41, 5.74) is 3.06. The molecule has 1 fully saturated rings. The van der Waals surface area contributed by atoms with Gasteiger partial charge in [-0.05, 0) is 43.0 Å². The van der Waals surface area contributed by atoms with Gasteiger partial charge in [0.25, 0.3) is 0 Å². The lowest BCUT2D eigenvalue weighted by molar-refractivity contribution is -0.140. The lowest BCUT2D eigenvalue weighted by Gasteiger charge is -2.35. The molecule has 0 saturated heterocycles. The van der Waals surface area contributed by atoms with E-state index in [9.17, 15) is 18.0 Å². The highest BCUT2D eigenvalue weighted by Crippen LogP contribution is 2.32. The van der Waals surface area contributed by atoms with E-state index in [1.807, 2.05) is 61.5 Å². The molecule has 0 aromatic heterocycles. The van der Waals surface area contributed by atoms with Crippen LogP contribution in [0.25, 0.3) is 0 Å². The molecule has 10 heteroatoms. The Morgan fingerprint density at radius 2 is 1.55 bits per heavy atom. The molecule has 4 rings (SSSR count). The van der Waals surface area contributed by atoms with Crippen molar-refractivity contribution in [2.75, 3.05) is 31.3 Å². The Kier molecular flexibility index (Phi) is 11.3. The van der Waals surface area contributed by atoms with E-state index >= 15 is 0 Å². The molecule has 1 aliphatic carbocycles. The first kappa shape index (κ1) is 32.9. The monoisotopic (exact) mass is 621 g/mol. The first-order valence-corrected chi connectivity index (χ1v) is 16.8. The summed E-state index contributed by atoms with van der Waals surface area (Å²) in [6, 6.07) is 21.2. The minimum atomic E-state index is -3.91. The van der Waals surface area contributed by atoms with Gasteiger partial charge in [0.2, 0.25) is 21.8 Å². The Balaban J connectivity index is 1.73. The van der Waals surface area contributed by atoms with Crippen LogP contribution in [-0.2, 0) is 32.6 Å². The van der Waals surface area contributed by atoms with Crippen molar-refractivity contribution in [3.8, 4) is 11.5 Å². The molecule has 3 aromatic rings. The Morgan fingerprint density at radius 1 is 0.886 bits per heavy atom. The van der Waals surface area contributed by atoms with Crippen LogP contribution in [0.15, 0.2) is 72.8 Å². The molecule has 1 N–H and O–H groups in total. The summed E-state index contributed by atoms with van der Waals surface area (Å²) in [7, 11) is -0.960. The lowest BCUT2D eigenvalue weighted by atomic mass is 9.94. The third-order valence-corrected chi connectivity index (χ3v) is 9.17. The van der Waals surface area contributed by atoms with Gasteiger partial charge in [0, 0.05) is 25.1 Å². The highest BCUT2D eigenvalue weighted by atomic mass is 32.2. The number of nitrogens with one attached hydrogen (secondary N) is 1. The topological polar surface area (TPSA) is 105 Å². The molecule has 0 heterocycles. The number of amides is 2. The summed E-state index contributed by atoms with van der Waals surface area (Å²) in [5, 5.41) is 3.22. The number of benzene rings is 3. The molecule has 0 radical (unpaired) electrons. The number of aryl methyl sites for hydroxylation is 1. The average Bonchev–Trinajstić information content (AvgIpc) is 3.02. The van der Waals surface area contributed by atoms with Gasteiger partial charge in [-0.1, -0.05) is 79.4 Å². The Bertz CT molecular complexity index is 1510. The summed E-state index contributed by atoms with van der Waals surface area (Å²) in [6.45, 7) is 1.62. The average molecular weight is 622 g/mol. The molecule has 236 valence electrons. The largest absolute Gasteiger partial charge is 0.493 e. The Labute approximate surface area is 261 Å². The van der Waals surface area contributed by atoms with Gasteiger partial charge in [0.15, 0.2) is 11.5 Å². The Hall–Kier alpha value is -4.05. The van der Waals surface area contributed by atoms with E-state index in [-0.39, 0.29) is 30.6 Å². The lowest BCUT2D eigenvalue weighted by Crippen LogP contribution is -2.55. The highest BCUT2D eigenvalue weighted by molar-refractivity contribution is 7.92. The van der Waals surface area contributed by atoms with Crippen molar-refractivity contribution in [2.24, 2.45) is 0 Å². The Morgan fingerprint density at radius 3 is 2.16 bits per heavy atom. The second-order valence-electron chi connectivity index (χ2n) is 11.4. The van der Waals surface area contributed by atoms with Crippen molar-refractivity contribution < 1.29 is 27.5 Å². The van der Waals surface area contributed by atoms with Crippen molar-refractivity contribution in [1.29, 1.82) is 0 Å². The number of rotatable bonds is 13. The number of carbonyl (C=O) groups excluding carboxylic acids is 2. The molecular weight excluding hydrogens is 578 g/mol. The minimum absolute atomic E-state index is 0.0464. The maximum Gasteiger partial charge on any atom is 0.244 e. The van der Waals surface area contributed by atoms with Gasteiger partial charge in [0.05, 0.1) is 26.2 Å². The number of anilines is 1. The molecule has 0 spiro atoms. The zero-order valence-electron chi connectivity index (χ0n) is 26.0. The van der Waals surface area contributed by atoms with Crippen molar-refractivity contribution in [2.45, 2.75) is 64.1 Å². The molecule has 9 nitrogen and oxygen atoms in total. The number of hydrogen-bond donors (Lipinski definition) is 1. The van der Waals surface area contributed by atoms with Crippen LogP contribution in [0.2, 0.25) is 0 Å². The van der Waals surface area contributed by atoms with E-state index in [2.05, 4.69) is 5.32 Å². The molecule has 1 atom stereocenters. The summed E-state index contributed by atoms with van der Waals surface area (Å²) in [6.07, 6.45) is 6.39. The summed E-state index contributed by atoms with van der Waals surface area (Å²) >= 11 is 0. The molecule has 0 bridgehead atoms. The van der Waals surface area contributed by atoms with Crippen LogP contribution in [0.4, 0.5) is 5.69 Å². The van der Waals surface area contributed by atoms with Gasteiger partial charge in [-0.2, -0.15) is 0 Å². The van der Waals surface area contributed by atoms with Gasteiger partial charge in [-0.15, -0.1) is 0 Å². The van der Waals surface area contributed by atoms with E-state index in [0.29, 0.717) is 11.5 Å². The zero-order valence-corrected chi connectivity index (χ0v) is 26.8. The molecule has 1 saturated carbocycles. The van der Waals surface area contributed by atoms with Crippen molar-refractivity contribution in [1.82, 2.24) is 10.2 Å². The first-order valence-electron chi connectivity index (χ1n) is 15.0. The van der Waals surface area contributed by atoms with E-state index < -0.39 is 28.5 Å². The van der Waals surface area contributed by atoms with Gasteiger partial charge in [-0.25, -0.2) is 8.42 Å². The van der Waals surface area contributed by atoms with Gasteiger partial charge < -0.3 is 19.7 Å². The van der Waals surface area contributed by atoms with E-state index in [1.165, 1.54) is 25.2 Å². The van der Waals surface area contributed by atoms with Gasteiger partial charge in [0.1, 0.15) is 12.6 Å². The highest BCUT2D eigenvalue weighted by Gasteiger charge is 2.34. The predicted molar refractivity (Wildman–Crippen MR) is 172 cm³/mol. The summed E-state index contributed by atoms with van der Waals surface area (Å²) < 4.78 is 38.0.